The summed E-state index contributed by atoms with van der Waals surface area (Å²) >= 11 is 0. The molecule has 2 aliphatic rings. The van der Waals surface area contributed by atoms with E-state index in [1.54, 1.807) is 12.1 Å². The van der Waals surface area contributed by atoms with E-state index in [1.165, 1.54) is 6.07 Å². The molecule has 0 bridgehead atoms. The maximum atomic E-state index is 14.6. The number of aliphatic carboxylic acids is 1. The van der Waals surface area contributed by atoms with Crippen LogP contribution in [0.2, 0.25) is 0 Å². The number of carboxylic acids is 1. The SMILES string of the molecule is Cl.O=C(O)CN1CCC(c2ccc(C3CCC(=O)NC3=O)cc2F)CC1. The minimum absolute atomic E-state index is 0. The summed E-state index contributed by atoms with van der Waals surface area (Å²) in [6.07, 6.45) is 2.09. The summed E-state index contributed by atoms with van der Waals surface area (Å²) in [7, 11) is 0. The Morgan fingerprint density at radius 2 is 1.92 bits per heavy atom. The third-order valence-electron chi connectivity index (χ3n) is 5.05. The van der Waals surface area contributed by atoms with Gasteiger partial charge >= 0.3 is 5.97 Å². The highest BCUT2D eigenvalue weighted by molar-refractivity contribution is 6.00. The highest BCUT2D eigenvalue weighted by Crippen LogP contribution is 2.32. The number of amides is 2. The molecule has 1 aromatic carbocycles. The number of carboxylic acid groups (broad SMARTS) is 1. The van der Waals surface area contributed by atoms with Gasteiger partial charge in [0.2, 0.25) is 11.8 Å². The van der Waals surface area contributed by atoms with Crippen LogP contribution in [0.5, 0.6) is 0 Å². The van der Waals surface area contributed by atoms with Crippen LogP contribution in [-0.4, -0.2) is 47.4 Å². The third-order valence-corrected chi connectivity index (χ3v) is 5.05. The Bertz CT molecular complexity index is 704. The van der Waals surface area contributed by atoms with Crippen LogP contribution in [0, 0.1) is 5.82 Å². The number of carbonyl (C=O) groups excluding carboxylic acids is 2. The molecule has 1 aromatic rings. The summed E-state index contributed by atoms with van der Waals surface area (Å²) in [5.74, 6) is -2.27. The van der Waals surface area contributed by atoms with Crippen LogP contribution in [0.1, 0.15) is 48.6 Å². The summed E-state index contributed by atoms with van der Waals surface area (Å²) in [5, 5.41) is 11.1. The molecule has 2 heterocycles. The van der Waals surface area contributed by atoms with Crippen molar-refractivity contribution in [3.63, 3.8) is 0 Å². The smallest absolute Gasteiger partial charge is 0.317 e. The second-order valence-corrected chi connectivity index (χ2v) is 6.73. The van der Waals surface area contributed by atoms with Crippen LogP contribution in [0.4, 0.5) is 4.39 Å². The van der Waals surface area contributed by atoms with Gasteiger partial charge in [0.25, 0.3) is 0 Å². The molecular formula is C18H22ClFN2O4. The Balaban J connectivity index is 0.00000243. The van der Waals surface area contributed by atoms with Crippen molar-refractivity contribution in [3.8, 4) is 0 Å². The Labute approximate surface area is 157 Å². The molecule has 2 aliphatic heterocycles. The van der Waals surface area contributed by atoms with E-state index in [-0.39, 0.29) is 48.9 Å². The predicted octanol–water partition coefficient (Wildman–Crippen LogP) is 2.03. The Morgan fingerprint density at radius 1 is 1.23 bits per heavy atom. The first-order valence-corrected chi connectivity index (χ1v) is 8.51. The van der Waals surface area contributed by atoms with Gasteiger partial charge in [-0.05, 0) is 55.5 Å². The number of halogens is 2. The second kappa shape index (κ2) is 8.60. The van der Waals surface area contributed by atoms with Gasteiger partial charge in [0.05, 0.1) is 12.5 Å². The Morgan fingerprint density at radius 3 is 2.50 bits per heavy atom. The number of hydrogen-bond acceptors (Lipinski definition) is 4. The molecular weight excluding hydrogens is 363 g/mol. The summed E-state index contributed by atoms with van der Waals surface area (Å²) < 4.78 is 14.6. The lowest BCUT2D eigenvalue weighted by Crippen LogP contribution is -2.39. The van der Waals surface area contributed by atoms with E-state index in [1.807, 2.05) is 4.90 Å². The number of rotatable bonds is 4. The van der Waals surface area contributed by atoms with Gasteiger partial charge in [-0.2, -0.15) is 0 Å². The first-order chi connectivity index (χ1) is 11.9. The van der Waals surface area contributed by atoms with Crippen LogP contribution in [0.25, 0.3) is 0 Å². The minimum Gasteiger partial charge on any atom is -0.480 e. The maximum Gasteiger partial charge on any atom is 0.317 e. The van der Waals surface area contributed by atoms with Gasteiger partial charge in [-0.1, -0.05) is 12.1 Å². The molecule has 2 saturated heterocycles. The van der Waals surface area contributed by atoms with Crippen molar-refractivity contribution in [3.05, 3.63) is 35.1 Å². The second-order valence-electron chi connectivity index (χ2n) is 6.73. The van der Waals surface area contributed by atoms with Crippen molar-refractivity contribution in [2.75, 3.05) is 19.6 Å². The molecule has 2 amide bonds. The normalized spacial score (nSPS) is 21.8. The molecule has 142 valence electrons. The first kappa shape index (κ1) is 20.3. The first-order valence-electron chi connectivity index (χ1n) is 8.51. The van der Waals surface area contributed by atoms with Crippen LogP contribution in [-0.2, 0) is 14.4 Å². The number of nitrogens with one attached hydrogen (secondary N) is 1. The quantitative estimate of drug-likeness (QED) is 0.776. The zero-order chi connectivity index (χ0) is 18.0. The Hall–Kier alpha value is -1.99. The van der Waals surface area contributed by atoms with Crippen molar-refractivity contribution in [2.45, 2.75) is 37.5 Å². The molecule has 26 heavy (non-hydrogen) atoms. The maximum absolute atomic E-state index is 14.6. The molecule has 2 fully saturated rings. The third kappa shape index (κ3) is 4.59. The van der Waals surface area contributed by atoms with Gasteiger partial charge in [0, 0.05) is 6.42 Å². The van der Waals surface area contributed by atoms with E-state index in [2.05, 4.69) is 5.32 Å². The molecule has 0 saturated carbocycles. The van der Waals surface area contributed by atoms with Gasteiger partial charge in [-0.15, -0.1) is 12.4 Å². The number of imide groups is 1. The van der Waals surface area contributed by atoms with E-state index >= 15 is 0 Å². The summed E-state index contributed by atoms with van der Waals surface area (Å²) in [6, 6.07) is 4.90. The molecule has 1 unspecified atom stereocenters. The van der Waals surface area contributed by atoms with Crippen molar-refractivity contribution in [1.82, 2.24) is 10.2 Å². The summed E-state index contributed by atoms with van der Waals surface area (Å²) in [4.78, 5) is 35.8. The minimum atomic E-state index is -0.849. The fraction of sp³-hybridized carbons (Fsp3) is 0.500. The standard InChI is InChI=1S/C18H21FN2O4.ClH/c19-15-9-12(14-3-4-16(22)20-18(14)25)1-2-13(15)11-5-7-21(8-6-11)10-17(23)24;/h1-2,9,11,14H,3-8,10H2,(H,23,24)(H,20,22,25);1H. The van der Waals surface area contributed by atoms with Crippen LogP contribution in [0.15, 0.2) is 18.2 Å². The van der Waals surface area contributed by atoms with Gasteiger partial charge in [0.15, 0.2) is 0 Å². The number of benzene rings is 1. The van der Waals surface area contributed by atoms with Crippen molar-refractivity contribution in [1.29, 1.82) is 0 Å². The zero-order valence-corrected chi connectivity index (χ0v) is 15.1. The van der Waals surface area contributed by atoms with Gasteiger partial charge in [-0.3, -0.25) is 24.6 Å². The number of hydrogen-bond donors (Lipinski definition) is 2. The molecule has 1 atom stereocenters. The molecule has 6 nitrogen and oxygen atoms in total. The van der Waals surface area contributed by atoms with E-state index in [9.17, 15) is 18.8 Å². The molecule has 0 aromatic heterocycles. The van der Waals surface area contributed by atoms with E-state index in [4.69, 9.17) is 5.11 Å². The average Bonchev–Trinajstić information content (AvgIpc) is 2.55. The molecule has 0 radical (unpaired) electrons. The van der Waals surface area contributed by atoms with Gasteiger partial charge < -0.3 is 5.11 Å². The Kier molecular flexibility index (Phi) is 6.72. The van der Waals surface area contributed by atoms with Crippen molar-refractivity contribution >= 4 is 30.2 Å². The zero-order valence-electron chi connectivity index (χ0n) is 14.2. The molecule has 0 spiro atoms. The summed E-state index contributed by atoms with van der Waals surface area (Å²) in [6.45, 7) is 1.28. The van der Waals surface area contributed by atoms with E-state index in [0.29, 0.717) is 43.5 Å². The fourth-order valence-electron chi connectivity index (χ4n) is 3.70. The molecule has 8 heteroatoms. The number of piperidine rings is 2. The fourth-order valence-corrected chi connectivity index (χ4v) is 3.70. The summed E-state index contributed by atoms with van der Waals surface area (Å²) in [5.41, 5.74) is 1.21. The van der Waals surface area contributed by atoms with E-state index < -0.39 is 11.9 Å². The van der Waals surface area contributed by atoms with Gasteiger partial charge in [-0.25, -0.2) is 4.39 Å². The number of likely N-dealkylation sites (tertiary alicyclic amines) is 1. The highest BCUT2D eigenvalue weighted by atomic mass is 35.5. The number of nitrogens with zero attached hydrogens (tertiary/aromatic N) is 1. The highest BCUT2D eigenvalue weighted by Gasteiger charge is 2.29. The molecule has 0 aliphatic carbocycles. The lowest BCUT2D eigenvalue weighted by atomic mass is 9.85. The monoisotopic (exact) mass is 384 g/mol. The van der Waals surface area contributed by atoms with Crippen molar-refractivity contribution in [2.24, 2.45) is 0 Å². The van der Waals surface area contributed by atoms with Crippen LogP contribution in [0.3, 0.4) is 0 Å². The van der Waals surface area contributed by atoms with Gasteiger partial charge in [0.1, 0.15) is 5.82 Å². The average molecular weight is 385 g/mol. The lowest BCUT2D eigenvalue weighted by molar-refractivity contribution is -0.138. The predicted molar refractivity (Wildman–Crippen MR) is 94.8 cm³/mol. The lowest BCUT2D eigenvalue weighted by Gasteiger charge is -2.31. The van der Waals surface area contributed by atoms with Crippen LogP contribution >= 0.6 is 12.4 Å². The van der Waals surface area contributed by atoms with Crippen molar-refractivity contribution < 1.29 is 23.9 Å². The van der Waals surface area contributed by atoms with E-state index in [0.717, 1.165) is 0 Å². The largest absolute Gasteiger partial charge is 0.480 e. The molecule has 2 N–H and O–H groups in total. The molecule has 3 rings (SSSR count). The number of carbonyl (C=O) groups is 3. The van der Waals surface area contributed by atoms with Crippen LogP contribution < -0.4 is 5.32 Å². The topological polar surface area (TPSA) is 86.7 Å².